The van der Waals surface area contributed by atoms with Crippen molar-refractivity contribution in [2.45, 2.75) is 83.1 Å². The molecular formula is C114H84N6O2S4. The Morgan fingerprint density at radius 3 is 0.778 bits per heavy atom. The Labute approximate surface area is 741 Å². The molecule has 0 aliphatic heterocycles. The largest absolute Gasteiger partial charge is 0.454 e. The summed E-state index contributed by atoms with van der Waals surface area (Å²) < 4.78 is 38.8. The van der Waals surface area contributed by atoms with Crippen LogP contribution in [0.4, 0.5) is 0 Å². The molecule has 0 aliphatic rings. The Morgan fingerprint density at radius 2 is 0.405 bits per heavy atom. The van der Waals surface area contributed by atoms with Crippen LogP contribution in [0, 0.1) is 83.1 Å². The molecule has 0 saturated heterocycles. The molecule has 0 spiro atoms. The lowest BCUT2D eigenvalue weighted by molar-refractivity contribution is 0.672. The molecule has 12 heteroatoms. The zero-order valence-electron chi connectivity index (χ0n) is 71.8. The summed E-state index contributed by atoms with van der Waals surface area (Å²) in [6, 6.07) is 108. The van der Waals surface area contributed by atoms with E-state index in [0.29, 0.717) is 0 Å². The van der Waals surface area contributed by atoms with E-state index >= 15 is 0 Å². The van der Waals surface area contributed by atoms with Gasteiger partial charge < -0.3 is 36.2 Å². The molecule has 0 unspecified atom stereocenters. The highest BCUT2D eigenvalue weighted by Gasteiger charge is 2.30. The van der Waals surface area contributed by atoms with Crippen LogP contribution in [0.15, 0.2) is 300 Å². The highest BCUT2D eigenvalue weighted by molar-refractivity contribution is 7.28. The molecule has 0 N–H and O–H groups in total. The van der Waals surface area contributed by atoms with Gasteiger partial charge in [0.2, 0.25) is 0 Å². The van der Waals surface area contributed by atoms with Crippen molar-refractivity contribution in [2.75, 3.05) is 0 Å². The predicted molar refractivity (Wildman–Crippen MR) is 543 cm³/mol. The van der Waals surface area contributed by atoms with Crippen LogP contribution in [-0.4, -0.2) is 27.4 Å². The smallest absolute Gasteiger partial charge is 0.161 e. The van der Waals surface area contributed by atoms with Gasteiger partial charge in [-0.2, -0.15) is 0 Å². The van der Waals surface area contributed by atoms with Crippen molar-refractivity contribution < 1.29 is 8.83 Å². The molecule has 606 valence electrons. The van der Waals surface area contributed by atoms with E-state index in [1.807, 2.05) is 45.3 Å². The van der Waals surface area contributed by atoms with Gasteiger partial charge in [0.25, 0.3) is 0 Å². The monoisotopic (exact) mass is 1700 g/mol. The van der Waals surface area contributed by atoms with Crippen LogP contribution in [0.5, 0.6) is 0 Å². The average Bonchev–Trinajstić information content (AvgIpc) is 1.54. The van der Waals surface area contributed by atoms with Crippen molar-refractivity contribution in [2.24, 2.45) is 0 Å². The van der Waals surface area contributed by atoms with Crippen LogP contribution in [0.3, 0.4) is 0 Å². The lowest BCUT2D eigenvalue weighted by Crippen LogP contribution is -1.95. The van der Waals surface area contributed by atoms with E-state index in [0.717, 1.165) is 66.3 Å². The Balaban J connectivity index is 0.000000103. The Hall–Kier alpha value is -14.0. The SMILES string of the molecule is Cc1ccc(-n2c3cc(C)ccc3c3oc4cc5c(cc4c32)sc2c3ccc(C)cc3n(-c3ccc(C)cc3)c52)cc1.Cc1ccc(-n2c3cc4c5sc6cc(C)ccc6c5n(-c5ccc(C)cc5)c4cc3c3oc4cc(C)ccc4c32)cc1.Cc1ccc(-n2c3cc4c5sc6cc(C)ccc6c5n(-c5ccc(C)cc5)c4cc3c3sc4cc(C)ccc4c32)cc1. The van der Waals surface area contributed by atoms with E-state index in [-0.39, 0.29) is 0 Å². The summed E-state index contributed by atoms with van der Waals surface area (Å²) in [6.07, 6.45) is 0. The molecule has 12 aromatic heterocycles. The van der Waals surface area contributed by atoms with Crippen LogP contribution >= 0.6 is 45.3 Å². The Bertz CT molecular complexity index is 8410. The van der Waals surface area contributed by atoms with Crippen molar-refractivity contribution in [1.29, 1.82) is 0 Å². The number of fused-ring (bicyclic) bond motifs is 30. The number of benzene rings is 15. The van der Waals surface area contributed by atoms with Gasteiger partial charge in [0.05, 0.1) is 74.0 Å². The zero-order valence-corrected chi connectivity index (χ0v) is 75.1. The lowest BCUT2D eigenvalue weighted by atomic mass is 10.1. The average molecular weight is 1700 g/mol. The van der Waals surface area contributed by atoms with Crippen LogP contribution in [0.2, 0.25) is 0 Å². The van der Waals surface area contributed by atoms with Gasteiger partial charge in [-0.1, -0.05) is 167 Å². The van der Waals surface area contributed by atoms with Crippen molar-refractivity contribution >= 4 is 236 Å². The van der Waals surface area contributed by atoms with Gasteiger partial charge >= 0.3 is 0 Å². The fraction of sp³-hybridized carbons (Fsp3) is 0.105. The van der Waals surface area contributed by atoms with Crippen molar-refractivity contribution in [3.8, 4) is 34.1 Å². The van der Waals surface area contributed by atoms with Gasteiger partial charge in [0, 0.05) is 118 Å². The number of aromatic nitrogens is 6. The predicted octanol–water partition coefficient (Wildman–Crippen LogP) is 33.7. The van der Waals surface area contributed by atoms with Crippen LogP contribution < -0.4 is 0 Å². The third-order valence-corrected chi connectivity index (χ3v) is 31.0. The summed E-state index contributed by atoms with van der Waals surface area (Å²) in [5, 5.41) is 14.9. The molecule has 0 aliphatic carbocycles. The van der Waals surface area contributed by atoms with Crippen molar-refractivity contribution in [3.05, 3.63) is 358 Å². The van der Waals surface area contributed by atoms with Crippen molar-refractivity contribution in [3.63, 3.8) is 0 Å². The highest BCUT2D eigenvalue weighted by atomic mass is 32.1. The number of hydrogen-bond acceptors (Lipinski definition) is 6. The summed E-state index contributed by atoms with van der Waals surface area (Å²) in [7, 11) is 0. The minimum atomic E-state index is 0.924. The second-order valence-electron chi connectivity index (χ2n) is 35.4. The van der Waals surface area contributed by atoms with Gasteiger partial charge in [-0.15, -0.1) is 45.3 Å². The van der Waals surface area contributed by atoms with E-state index in [2.05, 4.69) is 402 Å². The molecule has 0 amide bonds. The van der Waals surface area contributed by atoms with E-state index in [1.54, 1.807) is 0 Å². The molecule has 15 aromatic carbocycles. The molecule has 0 saturated carbocycles. The molecule has 8 nitrogen and oxygen atoms in total. The molecule has 0 bridgehead atoms. The third-order valence-electron chi connectivity index (χ3n) is 26.3. The van der Waals surface area contributed by atoms with Gasteiger partial charge in [-0.3, -0.25) is 0 Å². The standard InChI is InChI=1S/2C38H28N2OS.C38H28N2S2/c1-21-5-11-25(12-6-21)39-31-17-23(3)9-15-27(31)37-35(39)29-20-34-30(19-33(29)41-37)36-38(42-34)28-16-10-24(4)18-32(28)40(36)26-13-7-22(2)8-14-26;1-21-5-11-25(12-6-21)39-31-20-30-32(19-29(31)37-35(39)27-15-9-23(3)17-33(27)41-37)40(26-13-7-22(2)8-14-26)36-28-16-10-24(4)18-34(28)42-38(30)36;1-21-5-11-25(12-6-21)39-31-19-30-32(20-29(31)37-35(39)27-15-9-23(3)17-33(27)41-37)40(26-13-7-22(2)8-14-26)36-28-16-10-24(4)18-34(28)42-38(30)36/h3*5-20H,1-4H3. The van der Waals surface area contributed by atoms with E-state index in [4.69, 9.17) is 8.83 Å². The van der Waals surface area contributed by atoms with Gasteiger partial charge in [-0.25, -0.2) is 0 Å². The number of rotatable bonds is 6. The fourth-order valence-corrected chi connectivity index (χ4v) is 25.2. The minimum Gasteiger partial charge on any atom is -0.454 e. The molecular weight excluding hydrogens is 1610 g/mol. The first-order valence-corrected chi connectivity index (χ1v) is 46.6. The number of hydrogen-bond donors (Lipinski definition) is 0. The second kappa shape index (κ2) is 27.8. The Kier molecular flexibility index (Phi) is 16.4. The lowest BCUT2D eigenvalue weighted by Gasteiger charge is -2.10. The fourth-order valence-electron chi connectivity index (χ4n) is 20.0. The number of furan rings is 2. The quantitative estimate of drug-likeness (QED) is 0.167. The van der Waals surface area contributed by atoms with Gasteiger partial charge in [0.1, 0.15) is 22.2 Å². The van der Waals surface area contributed by atoms with Crippen molar-refractivity contribution in [1.82, 2.24) is 27.4 Å². The van der Waals surface area contributed by atoms with Gasteiger partial charge in [0.15, 0.2) is 11.2 Å². The molecule has 27 aromatic rings. The molecule has 0 radical (unpaired) electrons. The zero-order chi connectivity index (χ0) is 84.8. The maximum atomic E-state index is 6.79. The summed E-state index contributed by atoms with van der Waals surface area (Å²) in [6.45, 7) is 25.9. The summed E-state index contributed by atoms with van der Waals surface area (Å²) in [5.74, 6) is 0. The van der Waals surface area contributed by atoms with Crippen LogP contribution in [0.25, 0.3) is 225 Å². The molecule has 12 heterocycles. The first kappa shape index (κ1) is 74.6. The highest BCUT2D eigenvalue weighted by Crippen LogP contribution is 2.53. The number of thiophene rings is 4. The van der Waals surface area contributed by atoms with Crippen LogP contribution in [-0.2, 0) is 0 Å². The minimum absolute atomic E-state index is 0.924. The maximum Gasteiger partial charge on any atom is 0.161 e. The number of nitrogens with zero attached hydrogens (tertiary/aromatic N) is 6. The molecule has 0 atom stereocenters. The molecule has 126 heavy (non-hydrogen) atoms. The maximum absolute atomic E-state index is 6.79. The Morgan fingerprint density at radius 1 is 0.167 bits per heavy atom. The van der Waals surface area contributed by atoms with E-state index < -0.39 is 0 Å². The third kappa shape index (κ3) is 11.3. The van der Waals surface area contributed by atoms with E-state index in [1.165, 1.54) is 225 Å². The first-order chi connectivity index (χ1) is 61.3. The summed E-state index contributed by atoms with van der Waals surface area (Å²) >= 11 is 7.62. The molecule has 0 fully saturated rings. The summed E-state index contributed by atoms with van der Waals surface area (Å²) in [4.78, 5) is 0. The normalized spacial score (nSPS) is 12.3. The topological polar surface area (TPSA) is 55.9 Å². The first-order valence-electron chi connectivity index (χ1n) is 43.3. The second-order valence-corrected chi connectivity index (χ2v) is 39.6. The summed E-state index contributed by atoms with van der Waals surface area (Å²) in [5.41, 5.74) is 40.7. The number of aryl methyl sites for hydroxylation is 12. The molecule has 27 rings (SSSR count). The van der Waals surface area contributed by atoms with Crippen LogP contribution in [0.1, 0.15) is 66.8 Å². The van der Waals surface area contributed by atoms with E-state index in [9.17, 15) is 0 Å². The van der Waals surface area contributed by atoms with Gasteiger partial charge in [-0.05, 0) is 274 Å².